The zero-order valence-corrected chi connectivity index (χ0v) is 17.7. The van der Waals surface area contributed by atoms with Crippen LogP contribution in [0.3, 0.4) is 0 Å². The summed E-state index contributed by atoms with van der Waals surface area (Å²) in [6.45, 7) is 3.73. The largest absolute Gasteiger partial charge is 0.586 e. The van der Waals surface area contributed by atoms with Gasteiger partial charge in [-0.25, -0.2) is 0 Å². The first kappa shape index (κ1) is 20.5. The Morgan fingerprint density at radius 1 is 1.09 bits per heavy atom. The van der Waals surface area contributed by atoms with Crippen LogP contribution in [0.15, 0.2) is 48.1 Å². The molecule has 1 saturated carbocycles. The van der Waals surface area contributed by atoms with Crippen LogP contribution in [-0.2, 0) is 21.4 Å². The number of ether oxygens (including phenoxy) is 2. The lowest BCUT2D eigenvalue weighted by Gasteiger charge is -2.16. The van der Waals surface area contributed by atoms with E-state index in [2.05, 4.69) is 9.47 Å². The molecule has 0 atom stereocenters. The van der Waals surface area contributed by atoms with Gasteiger partial charge in [-0.1, -0.05) is 18.2 Å². The summed E-state index contributed by atoms with van der Waals surface area (Å²) in [5.41, 5.74) is 3.87. The molecule has 5 nitrogen and oxygen atoms in total. The van der Waals surface area contributed by atoms with E-state index in [1.165, 1.54) is 12.1 Å². The third kappa shape index (κ3) is 3.51. The summed E-state index contributed by atoms with van der Waals surface area (Å²) >= 11 is 0. The molecule has 0 radical (unpaired) electrons. The number of hydrogen-bond acceptors (Lipinski definition) is 5. The van der Waals surface area contributed by atoms with Gasteiger partial charge in [0.25, 0.3) is 0 Å². The Balaban J connectivity index is 1.39. The zero-order chi connectivity index (χ0) is 22.7. The van der Waals surface area contributed by atoms with Crippen molar-refractivity contribution < 1.29 is 27.8 Å². The molecular formula is C25H21F2NO4. The van der Waals surface area contributed by atoms with Crippen molar-refractivity contribution in [3.05, 3.63) is 70.6 Å². The van der Waals surface area contributed by atoms with Crippen molar-refractivity contribution in [2.24, 2.45) is 0 Å². The first-order valence-corrected chi connectivity index (χ1v) is 10.5. The van der Waals surface area contributed by atoms with Crippen molar-refractivity contribution in [3.8, 4) is 11.5 Å². The van der Waals surface area contributed by atoms with E-state index in [0.29, 0.717) is 36.1 Å². The standard InChI is InChI=1S/C25H21F2NO4/c1-14-3-6-18(28-23(14)16-4-7-19(29)15(2)11-16)13-22(30)24(9-10-24)17-5-8-20-21(12-17)32-25(26,27)31-20/h3-6,8,11-12H,7,9-10,13H2,1-2H3. The number of nitrogens with zero attached hydrogens (tertiary/aromatic N) is 1. The van der Waals surface area contributed by atoms with Crippen LogP contribution < -0.4 is 9.47 Å². The summed E-state index contributed by atoms with van der Waals surface area (Å²) in [4.78, 5) is 29.8. The summed E-state index contributed by atoms with van der Waals surface area (Å²) in [6, 6.07) is 8.31. The number of allylic oxidation sites excluding steroid dienone is 4. The number of aryl methyl sites for hydroxylation is 1. The van der Waals surface area contributed by atoms with Crippen molar-refractivity contribution in [3.63, 3.8) is 0 Å². The summed E-state index contributed by atoms with van der Waals surface area (Å²) in [5, 5.41) is 0. The van der Waals surface area contributed by atoms with Crippen molar-refractivity contribution in [2.75, 3.05) is 0 Å². The predicted molar refractivity (Wildman–Crippen MR) is 113 cm³/mol. The molecule has 1 aliphatic heterocycles. The smallest absolute Gasteiger partial charge is 0.395 e. The van der Waals surface area contributed by atoms with Crippen LogP contribution in [0.2, 0.25) is 0 Å². The van der Waals surface area contributed by atoms with E-state index in [0.717, 1.165) is 16.8 Å². The maximum Gasteiger partial charge on any atom is 0.586 e. The maximum absolute atomic E-state index is 13.3. The number of hydrogen-bond donors (Lipinski definition) is 0. The minimum absolute atomic E-state index is 0.00930. The van der Waals surface area contributed by atoms with Gasteiger partial charge in [0.2, 0.25) is 0 Å². The Bertz CT molecular complexity index is 1220. The molecule has 3 aliphatic rings. The van der Waals surface area contributed by atoms with Crippen LogP contribution in [0, 0.1) is 6.92 Å². The van der Waals surface area contributed by atoms with E-state index in [1.807, 2.05) is 31.2 Å². The average molecular weight is 437 g/mol. The third-order valence-electron chi connectivity index (χ3n) is 6.33. The van der Waals surface area contributed by atoms with Gasteiger partial charge in [-0.15, -0.1) is 8.78 Å². The number of benzene rings is 1. The quantitative estimate of drug-likeness (QED) is 0.669. The molecule has 0 spiro atoms. The highest BCUT2D eigenvalue weighted by Gasteiger charge is 2.52. The lowest BCUT2D eigenvalue weighted by Crippen LogP contribution is -2.26. The number of halogens is 2. The van der Waals surface area contributed by atoms with Crippen molar-refractivity contribution in [2.45, 2.75) is 51.2 Å². The predicted octanol–water partition coefficient (Wildman–Crippen LogP) is 4.86. The molecule has 1 aromatic carbocycles. The molecule has 0 saturated heterocycles. The topological polar surface area (TPSA) is 65.5 Å². The fraction of sp³-hybridized carbons (Fsp3) is 0.320. The highest BCUT2D eigenvalue weighted by molar-refractivity contribution is 6.02. The van der Waals surface area contributed by atoms with Crippen LogP contribution >= 0.6 is 0 Å². The molecule has 0 amide bonds. The molecule has 0 bridgehead atoms. The van der Waals surface area contributed by atoms with Crippen LogP contribution in [0.5, 0.6) is 11.5 Å². The SMILES string of the molecule is CC1=CC(c2nc(CC(=O)C3(c4ccc5c(c4)OC(F)(F)O5)CC3)ccc2C)=CCC1=O. The number of alkyl halides is 2. The zero-order valence-electron chi connectivity index (χ0n) is 17.7. The summed E-state index contributed by atoms with van der Waals surface area (Å²) in [7, 11) is 0. The lowest BCUT2D eigenvalue weighted by atomic mass is 9.88. The highest BCUT2D eigenvalue weighted by atomic mass is 19.3. The molecule has 2 aromatic rings. The van der Waals surface area contributed by atoms with Gasteiger partial charge in [-0.3, -0.25) is 14.6 Å². The number of carbonyl (C=O) groups excluding carboxylic acids is 2. The molecule has 1 fully saturated rings. The molecule has 7 heteroatoms. The number of rotatable bonds is 5. The molecule has 0 unspecified atom stereocenters. The normalized spacial score (nSPS) is 19.9. The molecular weight excluding hydrogens is 416 g/mol. The first-order valence-electron chi connectivity index (χ1n) is 10.5. The van der Waals surface area contributed by atoms with E-state index >= 15 is 0 Å². The van der Waals surface area contributed by atoms with Gasteiger partial charge in [0, 0.05) is 18.5 Å². The minimum Gasteiger partial charge on any atom is -0.395 e. The average Bonchev–Trinajstić information content (AvgIpc) is 3.48. The second kappa shape index (κ2) is 7.08. The maximum atomic E-state index is 13.3. The first-order chi connectivity index (χ1) is 15.2. The number of Topliss-reactive ketones (excluding diaryl/α,β-unsaturated/α-hetero) is 2. The Kier molecular flexibility index (Phi) is 4.55. The van der Waals surface area contributed by atoms with Gasteiger partial charge in [-0.2, -0.15) is 0 Å². The van der Waals surface area contributed by atoms with Crippen molar-refractivity contribution in [1.29, 1.82) is 0 Å². The highest BCUT2D eigenvalue weighted by Crippen LogP contribution is 2.52. The molecule has 0 N–H and O–H groups in total. The summed E-state index contributed by atoms with van der Waals surface area (Å²) < 4.78 is 35.7. The molecule has 5 rings (SSSR count). The van der Waals surface area contributed by atoms with Gasteiger partial charge >= 0.3 is 6.29 Å². The van der Waals surface area contributed by atoms with E-state index in [1.54, 1.807) is 13.0 Å². The van der Waals surface area contributed by atoms with Crippen LogP contribution in [-0.4, -0.2) is 22.8 Å². The van der Waals surface area contributed by atoms with Gasteiger partial charge in [0.15, 0.2) is 17.3 Å². The van der Waals surface area contributed by atoms with Crippen LogP contribution in [0.1, 0.15) is 48.7 Å². The van der Waals surface area contributed by atoms with Crippen molar-refractivity contribution in [1.82, 2.24) is 4.98 Å². The molecule has 2 aliphatic carbocycles. The second-order valence-electron chi connectivity index (χ2n) is 8.59. The number of ketones is 2. The van der Waals surface area contributed by atoms with Crippen LogP contribution in [0.4, 0.5) is 8.78 Å². The Labute approximate surface area is 183 Å². The van der Waals surface area contributed by atoms with Gasteiger partial charge in [0.05, 0.1) is 11.1 Å². The summed E-state index contributed by atoms with van der Waals surface area (Å²) in [5.74, 6) is -0.00228. The van der Waals surface area contributed by atoms with Crippen LogP contribution in [0.25, 0.3) is 5.57 Å². The second-order valence-corrected chi connectivity index (χ2v) is 8.59. The van der Waals surface area contributed by atoms with E-state index in [4.69, 9.17) is 4.98 Å². The monoisotopic (exact) mass is 437 g/mol. The number of carbonyl (C=O) groups is 2. The van der Waals surface area contributed by atoms with Gasteiger partial charge in [-0.05, 0) is 73.2 Å². The molecule has 1 aromatic heterocycles. The fourth-order valence-electron chi connectivity index (χ4n) is 4.30. The molecule has 2 heterocycles. The molecule has 32 heavy (non-hydrogen) atoms. The summed E-state index contributed by atoms with van der Waals surface area (Å²) in [6.07, 6.45) is 1.78. The number of aromatic nitrogens is 1. The fourth-order valence-corrected chi connectivity index (χ4v) is 4.30. The van der Waals surface area contributed by atoms with E-state index < -0.39 is 11.7 Å². The van der Waals surface area contributed by atoms with E-state index in [9.17, 15) is 18.4 Å². The number of fused-ring (bicyclic) bond motifs is 1. The van der Waals surface area contributed by atoms with E-state index in [-0.39, 0.29) is 29.5 Å². The Morgan fingerprint density at radius 3 is 2.56 bits per heavy atom. The van der Waals surface area contributed by atoms with Gasteiger partial charge in [0.1, 0.15) is 5.78 Å². The molecule has 164 valence electrons. The van der Waals surface area contributed by atoms with Crippen molar-refractivity contribution >= 4 is 17.1 Å². The Morgan fingerprint density at radius 2 is 1.84 bits per heavy atom. The number of pyridine rings is 1. The van der Waals surface area contributed by atoms with Gasteiger partial charge < -0.3 is 9.47 Å². The minimum atomic E-state index is -3.69. The third-order valence-corrected chi connectivity index (χ3v) is 6.33. The Hall–Kier alpha value is -3.35. The lowest BCUT2D eigenvalue weighted by molar-refractivity contribution is -0.286.